The molecule has 0 unspecified atom stereocenters. The largest absolute Gasteiger partial charge is 0.380 e. The van der Waals surface area contributed by atoms with Crippen LogP contribution >= 0.6 is 11.6 Å². The van der Waals surface area contributed by atoms with Crippen LogP contribution in [0.25, 0.3) is 16.9 Å². The minimum atomic E-state index is -0.591. The van der Waals surface area contributed by atoms with E-state index in [4.69, 9.17) is 11.6 Å². The van der Waals surface area contributed by atoms with Crippen molar-refractivity contribution in [3.05, 3.63) is 46.5 Å². The number of aryl methyl sites for hydroxylation is 1. The van der Waals surface area contributed by atoms with Crippen molar-refractivity contribution >= 4 is 35.1 Å². The summed E-state index contributed by atoms with van der Waals surface area (Å²) >= 11 is 6.15. The Kier molecular flexibility index (Phi) is 5.36. The van der Waals surface area contributed by atoms with Crippen LogP contribution in [0.1, 0.15) is 23.0 Å². The lowest BCUT2D eigenvalue weighted by atomic mass is 10.1. The first kappa shape index (κ1) is 18.8. The van der Waals surface area contributed by atoms with Gasteiger partial charge in [0.1, 0.15) is 5.82 Å². The maximum Gasteiger partial charge on any atom is 0.216 e. The number of carbonyl (C=O) groups is 2. The van der Waals surface area contributed by atoms with E-state index in [1.165, 1.54) is 19.1 Å². The van der Waals surface area contributed by atoms with Gasteiger partial charge >= 0.3 is 0 Å². The van der Waals surface area contributed by atoms with E-state index < -0.39 is 5.82 Å². The lowest BCUT2D eigenvalue weighted by molar-refractivity contribution is -0.118. The SMILES string of the molecule is CC(=O)NCCNc1cc(Cl)nn2c(-c3ccc(F)c(C=O)c3)c(C)nc12. The molecule has 0 fully saturated rings. The van der Waals surface area contributed by atoms with Gasteiger partial charge in [0.25, 0.3) is 0 Å². The number of benzene rings is 1. The molecule has 0 saturated carbocycles. The zero-order valence-electron chi connectivity index (χ0n) is 14.7. The number of hydrogen-bond donors (Lipinski definition) is 2. The number of nitrogens with one attached hydrogen (secondary N) is 2. The van der Waals surface area contributed by atoms with Crippen LogP contribution in [0.2, 0.25) is 5.15 Å². The van der Waals surface area contributed by atoms with Crippen LogP contribution in [0.5, 0.6) is 0 Å². The second-order valence-corrected chi connectivity index (χ2v) is 6.31. The van der Waals surface area contributed by atoms with Gasteiger partial charge in [-0.15, -0.1) is 0 Å². The highest BCUT2D eigenvalue weighted by Gasteiger charge is 2.17. The van der Waals surface area contributed by atoms with Gasteiger partial charge in [-0.25, -0.2) is 13.9 Å². The van der Waals surface area contributed by atoms with Crippen LogP contribution in [0.3, 0.4) is 0 Å². The van der Waals surface area contributed by atoms with Crippen LogP contribution in [-0.4, -0.2) is 39.9 Å². The number of fused-ring (bicyclic) bond motifs is 1. The first-order valence-corrected chi connectivity index (χ1v) is 8.57. The van der Waals surface area contributed by atoms with E-state index in [0.717, 1.165) is 0 Å². The molecule has 3 rings (SSSR count). The molecule has 3 aromatic rings. The van der Waals surface area contributed by atoms with Gasteiger partial charge in [0, 0.05) is 31.6 Å². The van der Waals surface area contributed by atoms with Gasteiger partial charge < -0.3 is 10.6 Å². The number of aldehydes is 1. The molecule has 2 N–H and O–H groups in total. The number of hydrogen-bond acceptors (Lipinski definition) is 5. The molecule has 140 valence electrons. The van der Waals surface area contributed by atoms with Crippen molar-refractivity contribution in [2.45, 2.75) is 13.8 Å². The molecule has 2 heterocycles. The highest BCUT2D eigenvalue weighted by molar-refractivity contribution is 6.29. The Bertz CT molecular complexity index is 1030. The van der Waals surface area contributed by atoms with Gasteiger partial charge in [-0.1, -0.05) is 11.6 Å². The van der Waals surface area contributed by atoms with Gasteiger partial charge in [-0.05, 0) is 25.1 Å². The second-order valence-electron chi connectivity index (χ2n) is 5.93. The number of nitrogens with zero attached hydrogens (tertiary/aromatic N) is 3. The summed E-state index contributed by atoms with van der Waals surface area (Å²) in [4.78, 5) is 26.6. The fraction of sp³-hybridized carbons (Fsp3) is 0.222. The standard InChI is InChI=1S/C18H17ClFN5O2/c1-10-17(12-3-4-14(20)13(7-12)9-26)25-18(23-10)15(8-16(19)24-25)22-6-5-21-11(2)27/h3-4,7-9,22H,5-6H2,1-2H3,(H,21,27). The molecule has 0 atom stereocenters. The molecule has 1 amide bonds. The molecule has 0 aliphatic rings. The number of aromatic nitrogens is 3. The number of carbonyl (C=O) groups excluding carboxylic acids is 2. The molecule has 0 aliphatic carbocycles. The molecule has 0 aliphatic heterocycles. The molecule has 0 radical (unpaired) electrons. The van der Waals surface area contributed by atoms with Crippen molar-refractivity contribution in [2.24, 2.45) is 0 Å². The summed E-state index contributed by atoms with van der Waals surface area (Å²) in [5, 5.41) is 10.4. The fourth-order valence-electron chi connectivity index (χ4n) is 2.78. The number of imidazole rings is 1. The molecule has 7 nitrogen and oxygen atoms in total. The Morgan fingerprint density at radius 2 is 2.11 bits per heavy atom. The molecule has 0 spiro atoms. The minimum Gasteiger partial charge on any atom is -0.380 e. The summed E-state index contributed by atoms with van der Waals surface area (Å²) in [5.74, 6) is -0.706. The van der Waals surface area contributed by atoms with Crippen molar-refractivity contribution in [1.29, 1.82) is 0 Å². The number of halogens is 2. The van der Waals surface area contributed by atoms with Crippen LogP contribution in [0, 0.1) is 12.7 Å². The summed E-state index contributed by atoms with van der Waals surface area (Å²) in [6, 6.07) is 5.88. The molecule has 9 heteroatoms. The Morgan fingerprint density at radius 3 is 2.81 bits per heavy atom. The van der Waals surface area contributed by atoms with Gasteiger partial charge in [0.2, 0.25) is 5.91 Å². The third-order valence-electron chi connectivity index (χ3n) is 3.94. The first-order chi connectivity index (χ1) is 12.9. The normalized spacial score (nSPS) is 10.8. The monoisotopic (exact) mass is 389 g/mol. The van der Waals surface area contributed by atoms with Gasteiger partial charge in [-0.3, -0.25) is 9.59 Å². The van der Waals surface area contributed by atoms with E-state index >= 15 is 0 Å². The third-order valence-corrected chi connectivity index (χ3v) is 4.12. The highest BCUT2D eigenvalue weighted by Crippen LogP contribution is 2.29. The van der Waals surface area contributed by atoms with E-state index in [1.54, 1.807) is 23.6 Å². The number of rotatable bonds is 6. The molecule has 2 aromatic heterocycles. The van der Waals surface area contributed by atoms with E-state index in [9.17, 15) is 14.0 Å². The molecule has 0 bridgehead atoms. The van der Waals surface area contributed by atoms with Crippen LogP contribution in [0.15, 0.2) is 24.3 Å². The zero-order chi connectivity index (χ0) is 19.6. The lowest BCUT2D eigenvalue weighted by Crippen LogP contribution is -2.26. The van der Waals surface area contributed by atoms with Crippen molar-refractivity contribution in [2.75, 3.05) is 18.4 Å². The predicted molar refractivity (Wildman–Crippen MR) is 101 cm³/mol. The molecular formula is C18H17ClFN5O2. The van der Waals surface area contributed by atoms with Gasteiger partial charge in [-0.2, -0.15) is 5.10 Å². The summed E-state index contributed by atoms with van der Waals surface area (Å²) in [5.41, 5.74) is 3.00. The van der Waals surface area contributed by atoms with E-state index in [-0.39, 0.29) is 16.6 Å². The maximum atomic E-state index is 13.7. The highest BCUT2D eigenvalue weighted by atomic mass is 35.5. The number of amides is 1. The van der Waals surface area contributed by atoms with Crippen molar-refractivity contribution < 1.29 is 14.0 Å². The molecule has 0 saturated heterocycles. The first-order valence-electron chi connectivity index (χ1n) is 8.20. The van der Waals surface area contributed by atoms with Crippen LogP contribution in [-0.2, 0) is 4.79 Å². The van der Waals surface area contributed by atoms with E-state index in [0.29, 0.717) is 47.7 Å². The van der Waals surface area contributed by atoms with Gasteiger partial charge in [0.15, 0.2) is 17.1 Å². The molecule has 27 heavy (non-hydrogen) atoms. The predicted octanol–water partition coefficient (Wildman–Crippen LogP) is 2.86. The fourth-order valence-corrected chi connectivity index (χ4v) is 2.96. The summed E-state index contributed by atoms with van der Waals surface area (Å²) < 4.78 is 15.2. The maximum absolute atomic E-state index is 13.7. The topological polar surface area (TPSA) is 88.4 Å². The quantitative estimate of drug-likeness (QED) is 0.500. The van der Waals surface area contributed by atoms with Crippen LogP contribution < -0.4 is 10.6 Å². The summed E-state index contributed by atoms with van der Waals surface area (Å²) in [6.07, 6.45) is 0.465. The zero-order valence-corrected chi connectivity index (χ0v) is 15.5. The van der Waals surface area contributed by atoms with Crippen molar-refractivity contribution in [3.8, 4) is 11.3 Å². The summed E-state index contributed by atoms with van der Waals surface area (Å²) in [7, 11) is 0. The lowest BCUT2D eigenvalue weighted by Gasteiger charge is -2.09. The Balaban J connectivity index is 2.04. The Hall–Kier alpha value is -3.00. The van der Waals surface area contributed by atoms with Crippen LogP contribution in [0.4, 0.5) is 10.1 Å². The Labute approximate surface area is 159 Å². The van der Waals surface area contributed by atoms with Crippen molar-refractivity contribution in [1.82, 2.24) is 19.9 Å². The second kappa shape index (κ2) is 7.71. The molecule has 1 aromatic carbocycles. The molecular weight excluding hydrogens is 373 g/mol. The minimum absolute atomic E-state index is 0.0440. The average Bonchev–Trinajstić information content (AvgIpc) is 2.95. The van der Waals surface area contributed by atoms with E-state index in [2.05, 4.69) is 20.7 Å². The Morgan fingerprint density at radius 1 is 1.33 bits per heavy atom. The van der Waals surface area contributed by atoms with Crippen molar-refractivity contribution in [3.63, 3.8) is 0 Å². The third kappa shape index (κ3) is 3.90. The van der Waals surface area contributed by atoms with Gasteiger partial charge in [0.05, 0.1) is 22.6 Å². The average molecular weight is 390 g/mol. The number of anilines is 1. The smallest absolute Gasteiger partial charge is 0.216 e. The van der Waals surface area contributed by atoms with E-state index in [1.807, 2.05) is 0 Å². The summed E-state index contributed by atoms with van der Waals surface area (Å²) in [6.45, 7) is 4.16.